The van der Waals surface area contributed by atoms with Gasteiger partial charge in [0.25, 0.3) is 0 Å². The first-order chi connectivity index (χ1) is 8.43. The lowest BCUT2D eigenvalue weighted by molar-refractivity contribution is -0.120. The minimum Gasteiger partial charge on any atom is -0.350 e. The van der Waals surface area contributed by atoms with E-state index in [0.29, 0.717) is 12.3 Å². The van der Waals surface area contributed by atoms with Crippen molar-refractivity contribution in [3.8, 4) is 0 Å². The van der Waals surface area contributed by atoms with E-state index in [1.165, 1.54) is 16.7 Å². The van der Waals surface area contributed by atoms with Gasteiger partial charge in [-0.25, -0.2) is 0 Å². The number of benzene rings is 1. The largest absolute Gasteiger partial charge is 0.350 e. The first-order valence-corrected chi connectivity index (χ1v) is 6.80. The molecule has 1 aliphatic rings. The molecule has 1 aliphatic heterocycles. The molecule has 1 atom stereocenters. The summed E-state index contributed by atoms with van der Waals surface area (Å²) in [7, 11) is 0. The molecule has 1 N–H and O–H groups in total. The van der Waals surface area contributed by atoms with Crippen molar-refractivity contribution in [2.45, 2.75) is 52.5 Å². The summed E-state index contributed by atoms with van der Waals surface area (Å²) in [6.07, 6.45) is 2.57. The van der Waals surface area contributed by atoms with Crippen molar-refractivity contribution < 1.29 is 4.79 Å². The molecule has 1 fully saturated rings. The van der Waals surface area contributed by atoms with Crippen LogP contribution in [0.4, 0.5) is 0 Å². The van der Waals surface area contributed by atoms with E-state index < -0.39 is 0 Å². The predicted molar refractivity (Wildman–Crippen MR) is 74.6 cm³/mol. The summed E-state index contributed by atoms with van der Waals surface area (Å²) in [5.74, 6) is 0.665. The number of hydrogen-bond donors (Lipinski definition) is 1. The van der Waals surface area contributed by atoms with Crippen molar-refractivity contribution in [3.63, 3.8) is 0 Å². The zero-order valence-electron chi connectivity index (χ0n) is 11.8. The van der Waals surface area contributed by atoms with Crippen LogP contribution >= 0.6 is 0 Å². The number of hydrogen-bond acceptors (Lipinski definition) is 1. The highest BCUT2D eigenvalue weighted by Gasteiger charge is 2.40. The van der Waals surface area contributed by atoms with E-state index in [4.69, 9.17) is 0 Å². The van der Waals surface area contributed by atoms with Gasteiger partial charge < -0.3 is 5.32 Å². The highest BCUT2D eigenvalue weighted by atomic mass is 16.2. The van der Waals surface area contributed by atoms with E-state index in [1.54, 1.807) is 0 Å². The van der Waals surface area contributed by atoms with E-state index in [0.717, 1.165) is 12.8 Å². The van der Waals surface area contributed by atoms with Crippen LogP contribution in [0.1, 0.15) is 43.4 Å². The summed E-state index contributed by atoms with van der Waals surface area (Å²) in [5.41, 5.74) is 3.93. The van der Waals surface area contributed by atoms with Gasteiger partial charge in [-0.3, -0.25) is 4.79 Å². The quantitative estimate of drug-likeness (QED) is 0.871. The lowest BCUT2D eigenvalue weighted by Gasteiger charge is -2.34. The zero-order valence-corrected chi connectivity index (χ0v) is 11.8. The fraction of sp³-hybridized carbons (Fsp3) is 0.562. The molecule has 0 saturated carbocycles. The first kappa shape index (κ1) is 13.1. The van der Waals surface area contributed by atoms with Gasteiger partial charge in [-0.05, 0) is 43.7 Å². The third-order valence-corrected chi connectivity index (χ3v) is 4.30. The normalized spacial score (nSPS) is 23.5. The molecule has 0 aromatic heterocycles. The lowest BCUT2D eigenvalue weighted by atomic mass is 9.79. The zero-order chi connectivity index (χ0) is 13.3. The van der Waals surface area contributed by atoms with Crippen LogP contribution in [0.3, 0.4) is 0 Å². The minimum absolute atomic E-state index is 0.0460. The van der Waals surface area contributed by atoms with Crippen molar-refractivity contribution in [2.24, 2.45) is 5.92 Å². The van der Waals surface area contributed by atoms with Crippen molar-refractivity contribution in [3.05, 3.63) is 34.9 Å². The standard InChI is InChI=1S/C16H23NO/c1-11(2)16(8-7-15(18)17-16)10-14-9-12(3)5-6-13(14)4/h5-6,9,11H,7-8,10H2,1-4H3,(H,17,18). The number of carbonyl (C=O) groups is 1. The van der Waals surface area contributed by atoms with Gasteiger partial charge in [-0.2, -0.15) is 0 Å². The SMILES string of the molecule is Cc1ccc(C)c(CC2(C(C)C)CCC(=O)N2)c1. The Labute approximate surface area is 110 Å². The molecule has 1 heterocycles. The molecule has 1 saturated heterocycles. The Hall–Kier alpha value is -1.31. The van der Waals surface area contributed by atoms with Gasteiger partial charge in [0.1, 0.15) is 0 Å². The van der Waals surface area contributed by atoms with Gasteiger partial charge in [0, 0.05) is 12.0 Å². The Morgan fingerprint density at radius 2 is 2.06 bits per heavy atom. The van der Waals surface area contributed by atoms with E-state index in [9.17, 15) is 4.79 Å². The third kappa shape index (κ3) is 2.43. The fourth-order valence-corrected chi connectivity index (χ4v) is 2.84. The molecule has 2 nitrogen and oxygen atoms in total. The van der Waals surface area contributed by atoms with Gasteiger partial charge >= 0.3 is 0 Å². The van der Waals surface area contributed by atoms with Crippen LogP contribution < -0.4 is 5.32 Å². The predicted octanol–water partition coefficient (Wildman–Crippen LogP) is 3.15. The Bertz CT molecular complexity index is 464. The Morgan fingerprint density at radius 1 is 1.33 bits per heavy atom. The first-order valence-electron chi connectivity index (χ1n) is 6.80. The van der Waals surface area contributed by atoms with Gasteiger partial charge in [0.2, 0.25) is 5.91 Å². The van der Waals surface area contributed by atoms with Crippen LogP contribution in [0, 0.1) is 19.8 Å². The molecule has 1 unspecified atom stereocenters. The summed E-state index contributed by atoms with van der Waals surface area (Å²) >= 11 is 0. The summed E-state index contributed by atoms with van der Waals surface area (Å²) in [5, 5.41) is 3.22. The second-order valence-corrected chi connectivity index (χ2v) is 5.97. The van der Waals surface area contributed by atoms with Crippen LogP contribution in [0.2, 0.25) is 0 Å². The third-order valence-electron chi connectivity index (χ3n) is 4.30. The Morgan fingerprint density at radius 3 is 2.61 bits per heavy atom. The van der Waals surface area contributed by atoms with Crippen LogP contribution in [-0.2, 0) is 11.2 Å². The molecule has 2 rings (SSSR count). The maximum Gasteiger partial charge on any atom is 0.220 e. The minimum atomic E-state index is -0.0460. The monoisotopic (exact) mass is 245 g/mol. The summed E-state index contributed by atoms with van der Waals surface area (Å²) in [4.78, 5) is 11.6. The van der Waals surface area contributed by atoms with Crippen molar-refractivity contribution in [2.75, 3.05) is 0 Å². The van der Waals surface area contributed by atoms with E-state index in [1.807, 2.05) is 0 Å². The molecule has 18 heavy (non-hydrogen) atoms. The second-order valence-electron chi connectivity index (χ2n) is 5.97. The molecule has 98 valence electrons. The number of rotatable bonds is 3. The van der Waals surface area contributed by atoms with Crippen molar-refractivity contribution in [1.82, 2.24) is 5.32 Å². The molecule has 1 aromatic carbocycles. The molecular formula is C16H23NO. The average Bonchev–Trinajstić information content (AvgIpc) is 2.67. The molecule has 0 aliphatic carbocycles. The van der Waals surface area contributed by atoms with E-state index in [2.05, 4.69) is 51.2 Å². The molecule has 0 bridgehead atoms. The van der Waals surface area contributed by atoms with Crippen LogP contribution in [0.5, 0.6) is 0 Å². The molecular weight excluding hydrogens is 222 g/mol. The van der Waals surface area contributed by atoms with Gasteiger partial charge in [-0.15, -0.1) is 0 Å². The smallest absolute Gasteiger partial charge is 0.220 e. The molecule has 0 radical (unpaired) electrons. The Balaban J connectivity index is 2.30. The maximum atomic E-state index is 11.6. The van der Waals surface area contributed by atoms with E-state index in [-0.39, 0.29) is 11.4 Å². The lowest BCUT2D eigenvalue weighted by Crippen LogP contribution is -2.48. The van der Waals surface area contributed by atoms with Crippen LogP contribution in [0.15, 0.2) is 18.2 Å². The highest BCUT2D eigenvalue weighted by molar-refractivity contribution is 5.79. The van der Waals surface area contributed by atoms with Crippen molar-refractivity contribution >= 4 is 5.91 Å². The number of aryl methyl sites for hydroxylation is 2. The van der Waals surface area contributed by atoms with Gasteiger partial charge in [0.15, 0.2) is 0 Å². The number of carbonyl (C=O) groups excluding carboxylic acids is 1. The van der Waals surface area contributed by atoms with Crippen molar-refractivity contribution in [1.29, 1.82) is 0 Å². The summed E-state index contributed by atoms with van der Waals surface area (Å²) in [6.45, 7) is 8.69. The van der Waals surface area contributed by atoms with Crippen LogP contribution in [-0.4, -0.2) is 11.4 Å². The number of nitrogens with one attached hydrogen (secondary N) is 1. The number of amides is 1. The maximum absolute atomic E-state index is 11.6. The molecule has 1 amide bonds. The average molecular weight is 245 g/mol. The molecule has 2 heteroatoms. The highest BCUT2D eigenvalue weighted by Crippen LogP contribution is 2.32. The Kier molecular flexibility index (Phi) is 3.47. The fourth-order valence-electron chi connectivity index (χ4n) is 2.84. The van der Waals surface area contributed by atoms with Gasteiger partial charge in [0.05, 0.1) is 0 Å². The van der Waals surface area contributed by atoms with Gasteiger partial charge in [-0.1, -0.05) is 37.6 Å². The molecule has 0 spiro atoms. The summed E-state index contributed by atoms with van der Waals surface area (Å²) in [6, 6.07) is 6.58. The summed E-state index contributed by atoms with van der Waals surface area (Å²) < 4.78 is 0. The van der Waals surface area contributed by atoms with E-state index >= 15 is 0 Å². The molecule has 1 aromatic rings. The topological polar surface area (TPSA) is 29.1 Å². The van der Waals surface area contributed by atoms with Crippen LogP contribution in [0.25, 0.3) is 0 Å². The second kappa shape index (κ2) is 4.75.